The van der Waals surface area contributed by atoms with Crippen LogP contribution >= 0.6 is 0 Å². The Labute approximate surface area is 204 Å². The Kier molecular flexibility index (Phi) is 8.85. The molecule has 3 amide bonds. The Hall–Kier alpha value is -3.86. The molecule has 10 nitrogen and oxygen atoms in total. The SMILES string of the molecule is NC(=O)CS(=O)(=O)Cc1cccc(C(=O)NCCC[C@H](Cc2ccccc2)C(=O)N2NC=CO2)c1. The molecule has 186 valence electrons. The second kappa shape index (κ2) is 12.0. The summed E-state index contributed by atoms with van der Waals surface area (Å²) in [7, 11) is -3.71. The first-order valence-corrected chi connectivity index (χ1v) is 12.9. The average Bonchev–Trinajstić information content (AvgIpc) is 3.35. The van der Waals surface area contributed by atoms with Crippen molar-refractivity contribution in [1.82, 2.24) is 15.9 Å². The molecule has 0 aliphatic carbocycles. The molecule has 4 N–H and O–H groups in total. The minimum atomic E-state index is -3.71. The van der Waals surface area contributed by atoms with Gasteiger partial charge in [-0.3, -0.25) is 19.8 Å². The first-order chi connectivity index (χ1) is 16.7. The van der Waals surface area contributed by atoms with E-state index in [1.54, 1.807) is 18.2 Å². The van der Waals surface area contributed by atoms with Crippen LogP contribution in [0.1, 0.15) is 34.3 Å². The van der Waals surface area contributed by atoms with Gasteiger partial charge in [0, 0.05) is 18.0 Å². The zero-order valence-electron chi connectivity index (χ0n) is 19.1. The van der Waals surface area contributed by atoms with E-state index >= 15 is 0 Å². The van der Waals surface area contributed by atoms with Crippen LogP contribution in [0.3, 0.4) is 0 Å². The van der Waals surface area contributed by atoms with E-state index in [1.165, 1.54) is 18.5 Å². The highest BCUT2D eigenvalue weighted by atomic mass is 32.2. The molecule has 1 atom stereocenters. The van der Waals surface area contributed by atoms with Gasteiger partial charge < -0.3 is 15.9 Å². The number of rotatable bonds is 12. The third kappa shape index (κ3) is 8.14. The van der Waals surface area contributed by atoms with E-state index < -0.39 is 21.5 Å². The second-order valence-electron chi connectivity index (χ2n) is 8.15. The van der Waals surface area contributed by atoms with Crippen LogP contribution in [0.5, 0.6) is 0 Å². The maximum absolute atomic E-state index is 12.9. The topological polar surface area (TPSA) is 148 Å². The predicted molar refractivity (Wildman–Crippen MR) is 129 cm³/mol. The highest BCUT2D eigenvalue weighted by molar-refractivity contribution is 7.91. The third-order valence-corrected chi connectivity index (χ3v) is 6.75. The summed E-state index contributed by atoms with van der Waals surface area (Å²) in [5.74, 6) is -3.00. The molecule has 0 bridgehead atoms. The van der Waals surface area contributed by atoms with Crippen LogP contribution in [-0.2, 0) is 36.4 Å². The van der Waals surface area contributed by atoms with Crippen LogP contribution in [0.4, 0.5) is 0 Å². The van der Waals surface area contributed by atoms with Gasteiger partial charge in [0.2, 0.25) is 5.91 Å². The molecule has 0 radical (unpaired) electrons. The summed E-state index contributed by atoms with van der Waals surface area (Å²) in [6.45, 7) is 0.328. The number of hydrogen-bond donors (Lipinski definition) is 3. The van der Waals surface area contributed by atoms with Crippen molar-refractivity contribution >= 4 is 27.6 Å². The van der Waals surface area contributed by atoms with Crippen molar-refractivity contribution in [3.05, 3.63) is 83.7 Å². The zero-order valence-corrected chi connectivity index (χ0v) is 19.9. The molecule has 2 aromatic carbocycles. The fourth-order valence-corrected chi connectivity index (χ4v) is 4.91. The van der Waals surface area contributed by atoms with E-state index in [4.69, 9.17) is 10.6 Å². The molecule has 1 heterocycles. The Bertz CT molecular complexity index is 1180. The number of nitrogens with two attached hydrogens (primary N) is 1. The number of carbonyl (C=O) groups is 3. The van der Waals surface area contributed by atoms with E-state index in [1.807, 2.05) is 30.3 Å². The van der Waals surface area contributed by atoms with Gasteiger partial charge in [-0.15, -0.1) is 0 Å². The average molecular weight is 501 g/mol. The lowest BCUT2D eigenvalue weighted by Gasteiger charge is -2.22. The van der Waals surface area contributed by atoms with Crippen molar-refractivity contribution in [2.45, 2.75) is 25.0 Å². The molecule has 0 aromatic heterocycles. The number of benzene rings is 2. The zero-order chi connectivity index (χ0) is 25.3. The summed E-state index contributed by atoms with van der Waals surface area (Å²) in [6, 6.07) is 15.8. The van der Waals surface area contributed by atoms with E-state index in [9.17, 15) is 22.8 Å². The predicted octanol–water partition coefficient (Wildman–Crippen LogP) is 1.21. The Morgan fingerprint density at radius 2 is 1.80 bits per heavy atom. The van der Waals surface area contributed by atoms with Gasteiger partial charge in [-0.05, 0) is 42.5 Å². The molecular formula is C24H28N4O6S. The Morgan fingerprint density at radius 3 is 2.49 bits per heavy atom. The normalized spacial score (nSPS) is 13.5. The van der Waals surface area contributed by atoms with Gasteiger partial charge in [-0.2, -0.15) is 0 Å². The second-order valence-corrected chi connectivity index (χ2v) is 10.2. The van der Waals surface area contributed by atoms with Gasteiger partial charge in [-0.25, -0.2) is 8.42 Å². The van der Waals surface area contributed by atoms with Crippen molar-refractivity contribution < 1.29 is 27.6 Å². The molecule has 0 spiro atoms. The van der Waals surface area contributed by atoms with Gasteiger partial charge in [0.25, 0.3) is 11.8 Å². The van der Waals surface area contributed by atoms with E-state index in [2.05, 4.69) is 10.7 Å². The van der Waals surface area contributed by atoms with Crippen LogP contribution in [0.25, 0.3) is 0 Å². The number of hydrogen-bond acceptors (Lipinski definition) is 7. The summed E-state index contributed by atoms with van der Waals surface area (Å²) in [5.41, 5.74) is 9.41. The number of sulfone groups is 1. The van der Waals surface area contributed by atoms with Crippen LogP contribution in [-0.4, -0.2) is 43.6 Å². The minimum absolute atomic E-state index is 0.213. The molecule has 11 heteroatoms. The molecular weight excluding hydrogens is 472 g/mol. The van der Waals surface area contributed by atoms with Gasteiger partial charge in [-0.1, -0.05) is 47.6 Å². The molecule has 0 unspecified atom stereocenters. The number of hydroxylamine groups is 1. The monoisotopic (exact) mass is 500 g/mol. The third-order valence-electron chi connectivity index (χ3n) is 5.25. The van der Waals surface area contributed by atoms with E-state index in [-0.39, 0.29) is 23.5 Å². The number of carbonyl (C=O) groups excluding carboxylic acids is 3. The largest absolute Gasteiger partial charge is 0.369 e. The lowest BCUT2D eigenvalue weighted by Crippen LogP contribution is -2.40. The molecule has 0 fully saturated rings. The summed E-state index contributed by atoms with van der Waals surface area (Å²) >= 11 is 0. The molecule has 2 aromatic rings. The van der Waals surface area contributed by atoms with Crippen LogP contribution < -0.4 is 16.5 Å². The molecule has 35 heavy (non-hydrogen) atoms. The van der Waals surface area contributed by atoms with Gasteiger partial charge >= 0.3 is 0 Å². The first kappa shape index (κ1) is 25.8. The quantitative estimate of drug-likeness (QED) is 0.371. The molecule has 3 rings (SSSR count). The van der Waals surface area contributed by atoms with Gasteiger partial charge in [0.15, 0.2) is 9.84 Å². The fraction of sp³-hybridized carbons (Fsp3) is 0.292. The maximum atomic E-state index is 12.9. The maximum Gasteiger partial charge on any atom is 0.281 e. The number of primary amides is 1. The van der Waals surface area contributed by atoms with Crippen molar-refractivity contribution in [3.63, 3.8) is 0 Å². The van der Waals surface area contributed by atoms with Gasteiger partial charge in [0.05, 0.1) is 12.0 Å². The Morgan fingerprint density at radius 1 is 1.06 bits per heavy atom. The van der Waals surface area contributed by atoms with E-state index in [0.29, 0.717) is 36.9 Å². The highest BCUT2D eigenvalue weighted by Crippen LogP contribution is 2.18. The lowest BCUT2D eigenvalue weighted by atomic mass is 9.94. The van der Waals surface area contributed by atoms with Crippen molar-refractivity contribution in [1.29, 1.82) is 0 Å². The smallest absolute Gasteiger partial charge is 0.281 e. The van der Waals surface area contributed by atoms with Crippen molar-refractivity contribution in [2.24, 2.45) is 11.7 Å². The van der Waals surface area contributed by atoms with E-state index in [0.717, 1.165) is 10.7 Å². The van der Waals surface area contributed by atoms with Crippen molar-refractivity contribution in [3.8, 4) is 0 Å². The van der Waals surface area contributed by atoms with Crippen LogP contribution in [0.15, 0.2) is 67.1 Å². The highest BCUT2D eigenvalue weighted by Gasteiger charge is 2.27. The number of amides is 3. The molecule has 0 saturated heterocycles. The molecule has 1 aliphatic heterocycles. The lowest BCUT2D eigenvalue weighted by molar-refractivity contribution is -0.176. The number of hydrazine groups is 1. The Balaban J connectivity index is 1.54. The first-order valence-electron chi connectivity index (χ1n) is 11.1. The molecule has 1 aliphatic rings. The van der Waals surface area contributed by atoms with Crippen LogP contribution in [0, 0.1) is 5.92 Å². The standard InChI is InChI=1S/C24H28N4O6S/c25-22(29)17-35(32,33)16-19-8-4-9-20(15-19)23(30)26-11-5-10-21(14-18-6-2-1-3-7-18)24(31)28-27-12-13-34-28/h1-4,6-9,12-13,15,21,27H,5,10-11,14,16-17H2,(H2,25,29)(H,26,30)/t21-/m1/s1. The summed E-state index contributed by atoms with van der Waals surface area (Å²) in [4.78, 5) is 41.5. The van der Waals surface area contributed by atoms with Gasteiger partial charge in [0.1, 0.15) is 12.0 Å². The number of nitrogens with zero attached hydrogens (tertiary/aromatic N) is 1. The fourth-order valence-electron chi connectivity index (χ4n) is 3.69. The number of nitrogens with one attached hydrogen (secondary N) is 2. The van der Waals surface area contributed by atoms with Crippen molar-refractivity contribution in [2.75, 3.05) is 12.3 Å². The summed E-state index contributed by atoms with van der Waals surface area (Å²) in [6.07, 6.45) is 4.48. The summed E-state index contributed by atoms with van der Waals surface area (Å²) in [5, 5.41) is 3.89. The van der Waals surface area contributed by atoms with Crippen LogP contribution in [0.2, 0.25) is 0 Å². The minimum Gasteiger partial charge on any atom is -0.369 e. The molecule has 0 saturated carbocycles. The summed E-state index contributed by atoms with van der Waals surface area (Å²) < 4.78 is 24.0.